The van der Waals surface area contributed by atoms with E-state index in [0.29, 0.717) is 23.2 Å². The molecule has 1 amide bonds. The van der Waals surface area contributed by atoms with Gasteiger partial charge in [0, 0.05) is 49.8 Å². The summed E-state index contributed by atoms with van der Waals surface area (Å²) >= 11 is 0. The Kier molecular flexibility index (Phi) is 5.72. The van der Waals surface area contributed by atoms with E-state index in [2.05, 4.69) is 11.0 Å². The first-order chi connectivity index (χ1) is 13.6. The summed E-state index contributed by atoms with van der Waals surface area (Å²) in [6, 6.07) is 13.3. The number of hydrogen-bond acceptors (Lipinski definition) is 3. The number of carbonyl (C=O) groups is 1. The van der Waals surface area contributed by atoms with Crippen molar-refractivity contribution in [3.05, 3.63) is 54.0 Å². The predicted molar refractivity (Wildman–Crippen MR) is 108 cm³/mol. The van der Waals surface area contributed by atoms with Gasteiger partial charge in [0.25, 0.3) is 0 Å². The molecule has 4 nitrogen and oxygen atoms in total. The number of benzene rings is 1. The number of pyridine rings is 1. The Morgan fingerprint density at radius 1 is 1.04 bits per heavy atom. The van der Waals surface area contributed by atoms with Crippen LogP contribution in [0.2, 0.25) is 0 Å². The van der Waals surface area contributed by atoms with E-state index in [-0.39, 0.29) is 11.7 Å². The zero-order valence-electron chi connectivity index (χ0n) is 16.5. The maximum atomic E-state index is 14.2. The average molecular weight is 381 g/mol. The molecule has 0 aliphatic carbocycles. The first-order valence-corrected chi connectivity index (χ1v) is 10.3. The van der Waals surface area contributed by atoms with Crippen LogP contribution in [0.4, 0.5) is 4.39 Å². The average Bonchev–Trinajstić information content (AvgIpc) is 2.74. The lowest BCUT2D eigenvalue weighted by Crippen LogP contribution is -2.49. The van der Waals surface area contributed by atoms with Gasteiger partial charge < -0.3 is 4.90 Å². The van der Waals surface area contributed by atoms with Crippen LogP contribution in [-0.2, 0) is 4.79 Å². The molecule has 1 aromatic heterocycles. The van der Waals surface area contributed by atoms with Crippen LogP contribution < -0.4 is 0 Å². The van der Waals surface area contributed by atoms with Crippen molar-refractivity contribution in [3.8, 4) is 11.3 Å². The lowest BCUT2D eigenvalue weighted by atomic mass is 9.91. The molecule has 28 heavy (non-hydrogen) atoms. The van der Waals surface area contributed by atoms with E-state index >= 15 is 0 Å². The number of amides is 1. The molecule has 5 heteroatoms. The minimum atomic E-state index is -0.227. The third kappa shape index (κ3) is 4.09. The second-order valence-corrected chi connectivity index (χ2v) is 8.00. The van der Waals surface area contributed by atoms with Crippen LogP contribution in [0.5, 0.6) is 0 Å². The molecule has 0 N–H and O–H groups in total. The fraction of sp³-hybridized carbons (Fsp3) is 0.478. The van der Waals surface area contributed by atoms with E-state index in [9.17, 15) is 9.18 Å². The molecule has 2 aromatic rings. The van der Waals surface area contributed by atoms with Gasteiger partial charge in [-0.3, -0.25) is 14.7 Å². The molecule has 3 heterocycles. The minimum Gasteiger partial charge on any atom is -0.343 e. The minimum absolute atomic E-state index is 0.184. The fourth-order valence-electron chi connectivity index (χ4n) is 4.62. The van der Waals surface area contributed by atoms with E-state index in [1.54, 1.807) is 19.1 Å². The fourth-order valence-corrected chi connectivity index (χ4v) is 4.62. The van der Waals surface area contributed by atoms with Crippen LogP contribution in [-0.4, -0.2) is 52.9 Å². The molecule has 2 aliphatic rings. The van der Waals surface area contributed by atoms with Crippen molar-refractivity contribution >= 4 is 5.91 Å². The standard InChI is InChI=1S/C23H28FN3O/c1-17(28)26-14-11-19(12-15-26)27-13-5-6-18(16-27)22-9-4-10-23(25-22)20-7-2-3-8-21(20)24/h2-4,7-10,18-19H,5-6,11-16H2,1H3/t18-/m0/s1. The van der Waals surface area contributed by atoms with Gasteiger partial charge in [-0.2, -0.15) is 0 Å². The Morgan fingerprint density at radius 2 is 1.82 bits per heavy atom. The molecule has 2 fully saturated rings. The lowest BCUT2D eigenvalue weighted by molar-refractivity contribution is -0.130. The molecule has 0 saturated carbocycles. The van der Waals surface area contributed by atoms with Crippen molar-refractivity contribution in [2.75, 3.05) is 26.2 Å². The smallest absolute Gasteiger partial charge is 0.219 e. The molecule has 0 spiro atoms. The van der Waals surface area contributed by atoms with Gasteiger partial charge >= 0.3 is 0 Å². The monoisotopic (exact) mass is 381 g/mol. The van der Waals surface area contributed by atoms with E-state index in [1.165, 1.54) is 6.07 Å². The Bertz CT molecular complexity index is 832. The third-order valence-corrected chi connectivity index (χ3v) is 6.22. The maximum absolute atomic E-state index is 14.2. The van der Waals surface area contributed by atoms with Crippen molar-refractivity contribution in [1.82, 2.24) is 14.8 Å². The normalized spacial score (nSPS) is 21.6. The zero-order valence-corrected chi connectivity index (χ0v) is 16.5. The van der Waals surface area contributed by atoms with Crippen LogP contribution in [0, 0.1) is 5.82 Å². The Morgan fingerprint density at radius 3 is 2.57 bits per heavy atom. The lowest BCUT2D eigenvalue weighted by Gasteiger charge is -2.42. The van der Waals surface area contributed by atoms with Gasteiger partial charge in [-0.25, -0.2) is 4.39 Å². The summed E-state index contributed by atoms with van der Waals surface area (Å²) in [4.78, 5) is 20.9. The molecular formula is C23H28FN3O. The molecule has 2 aliphatic heterocycles. The molecule has 1 aromatic carbocycles. The van der Waals surface area contributed by atoms with E-state index in [0.717, 1.165) is 57.6 Å². The van der Waals surface area contributed by atoms with E-state index in [1.807, 2.05) is 23.1 Å². The van der Waals surface area contributed by atoms with Crippen molar-refractivity contribution < 1.29 is 9.18 Å². The van der Waals surface area contributed by atoms with E-state index in [4.69, 9.17) is 4.98 Å². The summed E-state index contributed by atoms with van der Waals surface area (Å²) in [7, 11) is 0. The second kappa shape index (κ2) is 8.39. The number of carbonyl (C=O) groups excluding carboxylic acids is 1. The summed E-state index contributed by atoms with van der Waals surface area (Å²) in [5, 5.41) is 0. The highest BCUT2D eigenvalue weighted by Crippen LogP contribution is 2.31. The number of rotatable bonds is 3. The first-order valence-electron chi connectivity index (χ1n) is 10.3. The molecule has 0 unspecified atom stereocenters. The highest BCUT2D eigenvalue weighted by Gasteiger charge is 2.30. The summed E-state index contributed by atoms with van der Waals surface area (Å²) in [5.41, 5.74) is 2.34. The Balaban J connectivity index is 1.46. The summed E-state index contributed by atoms with van der Waals surface area (Å²) in [5.74, 6) is 0.338. The third-order valence-electron chi connectivity index (χ3n) is 6.22. The molecule has 0 radical (unpaired) electrons. The molecule has 4 rings (SSSR count). The Labute approximate surface area is 166 Å². The van der Waals surface area contributed by atoms with Crippen molar-refractivity contribution in [3.63, 3.8) is 0 Å². The Hall–Kier alpha value is -2.27. The predicted octanol–water partition coefficient (Wildman–Crippen LogP) is 4.08. The summed E-state index contributed by atoms with van der Waals surface area (Å²) in [6.07, 6.45) is 4.38. The SMILES string of the molecule is CC(=O)N1CCC(N2CCC[C@H](c3cccc(-c4ccccc4F)n3)C2)CC1. The number of piperidine rings is 2. The van der Waals surface area contributed by atoms with Crippen molar-refractivity contribution in [1.29, 1.82) is 0 Å². The molecule has 0 bridgehead atoms. The van der Waals surface area contributed by atoms with Gasteiger partial charge in [-0.15, -0.1) is 0 Å². The van der Waals surface area contributed by atoms with Gasteiger partial charge in [-0.05, 0) is 56.5 Å². The quantitative estimate of drug-likeness (QED) is 0.804. The largest absolute Gasteiger partial charge is 0.343 e. The zero-order chi connectivity index (χ0) is 19.5. The highest BCUT2D eigenvalue weighted by molar-refractivity contribution is 5.73. The summed E-state index contributed by atoms with van der Waals surface area (Å²) in [6.45, 7) is 5.50. The van der Waals surface area contributed by atoms with Gasteiger partial charge in [0.05, 0.1) is 5.69 Å². The van der Waals surface area contributed by atoms with Crippen LogP contribution in [0.1, 0.15) is 44.2 Å². The number of aromatic nitrogens is 1. The molecule has 2 saturated heterocycles. The number of hydrogen-bond donors (Lipinski definition) is 0. The van der Waals surface area contributed by atoms with Gasteiger partial charge in [0.2, 0.25) is 5.91 Å². The first kappa shape index (κ1) is 19.1. The van der Waals surface area contributed by atoms with Crippen LogP contribution >= 0.6 is 0 Å². The number of nitrogens with zero attached hydrogens (tertiary/aromatic N) is 3. The van der Waals surface area contributed by atoms with Crippen LogP contribution in [0.15, 0.2) is 42.5 Å². The number of halogens is 1. The maximum Gasteiger partial charge on any atom is 0.219 e. The topological polar surface area (TPSA) is 36.4 Å². The van der Waals surface area contributed by atoms with Crippen molar-refractivity contribution in [2.24, 2.45) is 0 Å². The highest BCUT2D eigenvalue weighted by atomic mass is 19.1. The molecule has 1 atom stereocenters. The van der Waals surface area contributed by atoms with Crippen LogP contribution in [0.25, 0.3) is 11.3 Å². The van der Waals surface area contributed by atoms with Gasteiger partial charge in [0.15, 0.2) is 0 Å². The van der Waals surface area contributed by atoms with E-state index < -0.39 is 0 Å². The second-order valence-electron chi connectivity index (χ2n) is 8.00. The van der Waals surface area contributed by atoms with Gasteiger partial charge in [0.1, 0.15) is 5.82 Å². The molecular weight excluding hydrogens is 353 g/mol. The summed E-state index contributed by atoms with van der Waals surface area (Å²) < 4.78 is 14.2. The molecule has 148 valence electrons. The van der Waals surface area contributed by atoms with Crippen LogP contribution in [0.3, 0.4) is 0 Å². The van der Waals surface area contributed by atoms with Crippen molar-refractivity contribution in [2.45, 2.75) is 44.6 Å². The van der Waals surface area contributed by atoms with Gasteiger partial charge in [-0.1, -0.05) is 18.2 Å². The number of likely N-dealkylation sites (tertiary alicyclic amines) is 2.